The van der Waals surface area contributed by atoms with Crippen LogP contribution in [0.2, 0.25) is 5.02 Å². The largest absolute Gasteiger partial charge is 0.486 e. The van der Waals surface area contributed by atoms with Gasteiger partial charge in [-0.1, -0.05) is 72.8 Å². The summed E-state index contributed by atoms with van der Waals surface area (Å²) in [6, 6.07) is 21.8. The molecule has 0 aromatic heterocycles. The van der Waals surface area contributed by atoms with Crippen molar-refractivity contribution in [2.75, 3.05) is 5.32 Å². The van der Waals surface area contributed by atoms with E-state index in [4.69, 9.17) is 16.3 Å². The topological polar surface area (TPSA) is 50.4 Å². The van der Waals surface area contributed by atoms with Gasteiger partial charge in [0.15, 0.2) is 11.2 Å². The van der Waals surface area contributed by atoms with Crippen molar-refractivity contribution in [2.45, 2.75) is 25.4 Å². The molecule has 0 unspecified atom stereocenters. The number of hydrogen-bond acceptors (Lipinski definition) is 4. The van der Waals surface area contributed by atoms with Crippen LogP contribution in [-0.2, 0) is 17.8 Å². The summed E-state index contributed by atoms with van der Waals surface area (Å²) in [5, 5.41) is 6.78. The number of nitrogens with one attached hydrogen (secondary N) is 2. The smallest absolute Gasteiger partial charge is 0.260 e. The van der Waals surface area contributed by atoms with E-state index in [0.717, 1.165) is 27.7 Å². The summed E-state index contributed by atoms with van der Waals surface area (Å²) >= 11 is 11.5. The van der Waals surface area contributed by atoms with Crippen molar-refractivity contribution < 1.29 is 9.53 Å². The zero-order chi connectivity index (χ0) is 22.5. The number of anilines is 1. The first kappa shape index (κ1) is 22.8. The molecule has 1 fully saturated rings. The Labute approximate surface area is 205 Å². The fourth-order valence-electron chi connectivity index (χ4n) is 3.24. The van der Waals surface area contributed by atoms with E-state index in [1.807, 2.05) is 54.6 Å². The molecule has 4 rings (SSSR count). The Morgan fingerprint density at radius 2 is 1.88 bits per heavy atom. The van der Waals surface area contributed by atoms with Crippen LogP contribution in [0.1, 0.15) is 23.6 Å². The molecular formula is C25H22BrClN2O2S. The molecule has 1 saturated heterocycles. The number of ether oxygens (including phenoxy) is 1. The second-order valence-electron chi connectivity index (χ2n) is 7.26. The predicted molar refractivity (Wildman–Crippen MR) is 137 cm³/mol. The zero-order valence-electron chi connectivity index (χ0n) is 17.4. The average molecular weight is 530 g/mol. The fourth-order valence-corrected chi connectivity index (χ4v) is 5.21. The summed E-state index contributed by atoms with van der Waals surface area (Å²) in [7, 11) is 0. The third kappa shape index (κ3) is 5.68. The van der Waals surface area contributed by atoms with Gasteiger partial charge in [0.1, 0.15) is 6.61 Å². The third-order valence-corrected chi connectivity index (χ3v) is 6.83. The highest BCUT2D eigenvalue weighted by Gasteiger charge is 2.27. The third-order valence-electron chi connectivity index (χ3n) is 4.94. The lowest BCUT2D eigenvalue weighted by atomic mass is 10.1. The van der Waals surface area contributed by atoms with E-state index < -0.39 is 0 Å². The van der Waals surface area contributed by atoms with Crippen LogP contribution < -0.4 is 15.4 Å². The Hall–Kier alpha value is -2.41. The Morgan fingerprint density at radius 3 is 2.56 bits per heavy atom. The van der Waals surface area contributed by atoms with Gasteiger partial charge in [0.25, 0.3) is 5.91 Å². The number of benzene rings is 3. The molecule has 0 bridgehead atoms. The van der Waals surface area contributed by atoms with E-state index in [1.54, 1.807) is 6.07 Å². The summed E-state index contributed by atoms with van der Waals surface area (Å²) in [5.74, 6) is 0.464. The molecule has 1 heterocycles. The average Bonchev–Trinajstić information content (AvgIpc) is 3.12. The van der Waals surface area contributed by atoms with Gasteiger partial charge in [-0.3, -0.25) is 4.79 Å². The molecule has 1 atom stereocenters. The van der Waals surface area contributed by atoms with Crippen LogP contribution in [0.25, 0.3) is 6.08 Å². The lowest BCUT2D eigenvalue weighted by Crippen LogP contribution is -2.30. The quantitative estimate of drug-likeness (QED) is 0.329. The summed E-state index contributed by atoms with van der Waals surface area (Å²) < 4.78 is 6.64. The Morgan fingerprint density at radius 1 is 1.12 bits per heavy atom. The molecule has 1 amide bonds. The minimum atomic E-state index is -0.228. The second kappa shape index (κ2) is 10.5. The molecule has 164 valence electrons. The number of carbonyl (C=O) groups is 1. The van der Waals surface area contributed by atoms with Gasteiger partial charge < -0.3 is 15.4 Å². The predicted octanol–water partition coefficient (Wildman–Crippen LogP) is 6.84. The zero-order valence-corrected chi connectivity index (χ0v) is 20.6. The SMILES string of the molecule is CCc1ccc(N[C@@H]2NC(=O)/C(=C/c3cc(Cl)c(OCc4ccccc4)c(Br)c3)S2)cc1. The van der Waals surface area contributed by atoms with Crippen LogP contribution >= 0.6 is 39.3 Å². The first-order valence-corrected chi connectivity index (χ1v) is 12.3. The van der Waals surface area contributed by atoms with Crippen LogP contribution in [0, 0.1) is 0 Å². The Bertz CT molecular complexity index is 1110. The van der Waals surface area contributed by atoms with Crippen molar-refractivity contribution in [2.24, 2.45) is 0 Å². The molecule has 4 nitrogen and oxygen atoms in total. The molecule has 0 spiro atoms. The van der Waals surface area contributed by atoms with Crippen molar-refractivity contribution in [3.05, 3.63) is 97.8 Å². The van der Waals surface area contributed by atoms with E-state index in [0.29, 0.717) is 22.3 Å². The first-order chi connectivity index (χ1) is 15.5. The minimum Gasteiger partial charge on any atom is -0.486 e. The van der Waals surface area contributed by atoms with Gasteiger partial charge >= 0.3 is 0 Å². The molecule has 32 heavy (non-hydrogen) atoms. The molecular weight excluding hydrogens is 508 g/mol. The standard InChI is InChI=1S/C25H22BrClN2O2S/c1-2-16-8-10-19(11-9-16)28-25-29-24(30)22(32-25)14-18-12-20(26)23(21(27)13-18)31-15-17-6-4-3-5-7-17/h3-14,25,28H,2,15H2,1H3,(H,29,30)/b22-14-/t25-/m1/s1. The van der Waals surface area contributed by atoms with Gasteiger partial charge in [0.2, 0.25) is 0 Å². The van der Waals surface area contributed by atoms with Gasteiger partial charge in [0, 0.05) is 5.69 Å². The van der Waals surface area contributed by atoms with Crippen molar-refractivity contribution >= 4 is 57.0 Å². The van der Waals surface area contributed by atoms with Gasteiger partial charge in [-0.2, -0.15) is 0 Å². The number of amides is 1. The Kier molecular flexibility index (Phi) is 7.45. The second-order valence-corrected chi connectivity index (χ2v) is 9.67. The first-order valence-electron chi connectivity index (χ1n) is 10.2. The van der Waals surface area contributed by atoms with Gasteiger partial charge in [0.05, 0.1) is 14.4 Å². The number of rotatable bonds is 7. The Balaban J connectivity index is 1.44. The fraction of sp³-hybridized carbons (Fsp3) is 0.160. The van der Waals surface area contributed by atoms with Crippen molar-refractivity contribution in [1.29, 1.82) is 0 Å². The monoisotopic (exact) mass is 528 g/mol. The number of carbonyl (C=O) groups excluding carboxylic acids is 1. The van der Waals surface area contributed by atoms with Crippen LogP contribution in [0.5, 0.6) is 5.75 Å². The van der Waals surface area contributed by atoms with Crippen LogP contribution in [-0.4, -0.2) is 11.4 Å². The highest BCUT2D eigenvalue weighted by molar-refractivity contribution is 9.10. The van der Waals surface area contributed by atoms with Crippen molar-refractivity contribution in [3.63, 3.8) is 0 Å². The lowest BCUT2D eigenvalue weighted by molar-refractivity contribution is -0.116. The van der Waals surface area contributed by atoms with Gasteiger partial charge in [-0.05, 0) is 69.4 Å². The maximum absolute atomic E-state index is 12.5. The summed E-state index contributed by atoms with van der Waals surface area (Å²) in [5.41, 5.74) is 3.89. The lowest BCUT2D eigenvalue weighted by Gasteiger charge is -2.13. The van der Waals surface area contributed by atoms with Crippen molar-refractivity contribution in [3.8, 4) is 5.75 Å². The molecule has 1 aliphatic heterocycles. The summed E-state index contributed by atoms with van der Waals surface area (Å²) in [6.45, 7) is 2.55. The van der Waals surface area contributed by atoms with Crippen LogP contribution in [0.3, 0.4) is 0 Å². The normalized spacial score (nSPS) is 16.8. The summed E-state index contributed by atoms with van der Waals surface area (Å²) in [6.07, 6.45) is 2.83. The molecule has 0 aliphatic carbocycles. The highest BCUT2D eigenvalue weighted by Crippen LogP contribution is 2.37. The molecule has 2 N–H and O–H groups in total. The van der Waals surface area contributed by atoms with E-state index in [1.165, 1.54) is 17.3 Å². The number of halogens is 2. The number of hydrogen-bond donors (Lipinski definition) is 2. The molecule has 0 saturated carbocycles. The molecule has 1 aliphatic rings. The maximum atomic E-state index is 12.5. The van der Waals surface area contributed by atoms with E-state index >= 15 is 0 Å². The van der Waals surface area contributed by atoms with Gasteiger partial charge in [-0.25, -0.2) is 0 Å². The molecule has 3 aromatic rings. The van der Waals surface area contributed by atoms with Gasteiger partial charge in [-0.15, -0.1) is 0 Å². The van der Waals surface area contributed by atoms with Crippen LogP contribution in [0.4, 0.5) is 5.69 Å². The van der Waals surface area contributed by atoms with Crippen LogP contribution in [0.15, 0.2) is 76.1 Å². The van der Waals surface area contributed by atoms with E-state index in [9.17, 15) is 4.79 Å². The van der Waals surface area contributed by atoms with E-state index in [-0.39, 0.29) is 11.4 Å². The summed E-state index contributed by atoms with van der Waals surface area (Å²) in [4.78, 5) is 13.1. The highest BCUT2D eigenvalue weighted by atomic mass is 79.9. The maximum Gasteiger partial charge on any atom is 0.260 e. The number of thioether (sulfide) groups is 1. The molecule has 3 aromatic carbocycles. The number of aryl methyl sites for hydroxylation is 1. The minimum absolute atomic E-state index is 0.116. The molecule has 7 heteroatoms. The molecule has 0 radical (unpaired) electrons. The van der Waals surface area contributed by atoms with E-state index in [2.05, 4.69) is 45.6 Å². The van der Waals surface area contributed by atoms with Crippen molar-refractivity contribution in [1.82, 2.24) is 5.32 Å².